The number of carbonyl (C=O) groups is 1. The van der Waals surface area contributed by atoms with E-state index in [9.17, 15) is 4.79 Å². The van der Waals surface area contributed by atoms with Gasteiger partial charge in [-0.1, -0.05) is 35.3 Å². The number of aromatic nitrogens is 2. The molecule has 1 aromatic carbocycles. The lowest BCUT2D eigenvalue weighted by Gasteiger charge is -2.35. The summed E-state index contributed by atoms with van der Waals surface area (Å²) >= 11 is 8.74. The summed E-state index contributed by atoms with van der Waals surface area (Å²) in [6, 6.07) is 7.88. The molecular formula is C19H24N4OS3. The van der Waals surface area contributed by atoms with Crippen molar-refractivity contribution in [3.63, 3.8) is 0 Å². The second kappa shape index (κ2) is 9.14. The Morgan fingerprint density at radius 1 is 1.22 bits per heavy atom. The molecule has 0 aliphatic carbocycles. The van der Waals surface area contributed by atoms with E-state index in [2.05, 4.69) is 21.5 Å². The summed E-state index contributed by atoms with van der Waals surface area (Å²) in [5.74, 6) is 0.982. The van der Waals surface area contributed by atoms with Gasteiger partial charge in [-0.15, -0.1) is 0 Å². The van der Waals surface area contributed by atoms with Crippen molar-refractivity contribution in [2.24, 2.45) is 0 Å². The lowest BCUT2D eigenvalue weighted by atomic mass is 10.1. The van der Waals surface area contributed by atoms with Crippen LogP contribution in [0.3, 0.4) is 0 Å². The second-order valence-corrected chi connectivity index (χ2v) is 9.57. The average molecular weight is 421 g/mol. The number of hydrogen-bond donors (Lipinski definition) is 0. The Morgan fingerprint density at radius 2 is 1.89 bits per heavy atom. The normalized spacial score (nSPS) is 15.1. The third-order valence-corrected chi connectivity index (χ3v) is 7.05. The maximum Gasteiger partial charge on any atom is 0.181 e. The van der Waals surface area contributed by atoms with Gasteiger partial charge in [0.15, 0.2) is 14.1 Å². The molecule has 3 rings (SSSR count). The minimum Gasteiger partial charge on any atom is -0.369 e. The highest BCUT2D eigenvalue weighted by Crippen LogP contribution is 2.24. The fourth-order valence-corrected chi connectivity index (χ4v) is 5.03. The maximum absolute atomic E-state index is 11.4. The molecule has 1 fully saturated rings. The molecule has 0 atom stereocenters. The summed E-state index contributed by atoms with van der Waals surface area (Å²) in [7, 11) is 0. The Kier molecular flexibility index (Phi) is 6.86. The van der Waals surface area contributed by atoms with Crippen LogP contribution in [0, 0.1) is 3.95 Å². The second-order valence-electron chi connectivity index (χ2n) is 6.73. The molecule has 0 unspecified atom stereocenters. The van der Waals surface area contributed by atoms with E-state index in [0.29, 0.717) is 0 Å². The van der Waals surface area contributed by atoms with Crippen LogP contribution < -0.4 is 4.90 Å². The summed E-state index contributed by atoms with van der Waals surface area (Å²) in [5, 5.41) is 4.64. The van der Waals surface area contributed by atoms with E-state index in [1.54, 1.807) is 30.0 Å². The first-order valence-electron chi connectivity index (χ1n) is 8.86. The molecule has 0 N–H and O–H groups in total. The zero-order valence-electron chi connectivity index (χ0n) is 15.7. The third-order valence-electron chi connectivity index (χ3n) is 4.37. The molecule has 5 nitrogen and oxygen atoms in total. The monoisotopic (exact) mass is 420 g/mol. The number of rotatable bonds is 7. The SMILES string of the molecule is C=C(C)CSc1nn(CN2CCN(c3ccc(C(C)=O)cc3)CC2)c(=S)s1. The van der Waals surface area contributed by atoms with Gasteiger partial charge in [0.05, 0.1) is 6.67 Å². The lowest BCUT2D eigenvalue weighted by Crippen LogP contribution is -2.46. The van der Waals surface area contributed by atoms with Crippen LogP contribution >= 0.6 is 35.3 Å². The van der Waals surface area contributed by atoms with Crippen molar-refractivity contribution in [3.05, 3.63) is 45.9 Å². The number of nitrogens with zero attached hydrogens (tertiary/aromatic N) is 4. The van der Waals surface area contributed by atoms with Crippen molar-refractivity contribution < 1.29 is 4.79 Å². The number of Topliss-reactive ketones (excluding diaryl/α,β-unsaturated/α-hetero) is 1. The first kappa shape index (κ1) is 20.3. The van der Waals surface area contributed by atoms with E-state index in [-0.39, 0.29) is 5.78 Å². The fourth-order valence-electron chi connectivity index (χ4n) is 2.86. The Bertz CT molecular complexity index is 864. The van der Waals surface area contributed by atoms with Gasteiger partial charge in [-0.3, -0.25) is 9.69 Å². The van der Waals surface area contributed by atoms with Crippen LogP contribution in [0.2, 0.25) is 0 Å². The number of anilines is 1. The molecule has 144 valence electrons. The highest BCUT2D eigenvalue weighted by molar-refractivity contribution is 8.01. The molecule has 1 aromatic heterocycles. The average Bonchev–Trinajstić information content (AvgIpc) is 3.00. The van der Waals surface area contributed by atoms with Crippen LogP contribution in [-0.2, 0) is 6.67 Å². The van der Waals surface area contributed by atoms with Gasteiger partial charge in [-0.2, -0.15) is 5.10 Å². The van der Waals surface area contributed by atoms with Crippen molar-refractivity contribution >= 4 is 46.8 Å². The van der Waals surface area contributed by atoms with Crippen LogP contribution in [0.5, 0.6) is 0 Å². The van der Waals surface area contributed by atoms with Crippen LogP contribution in [0.1, 0.15) is 24.2 Å². The van der Waals surface area contributed by atoms with E-state index in [0.717, 1.165) is 58.0 Å². The summed E-state index contributed by atoms with van der Waals surface area (Å²) in [6.07, 6.45) is 0. The van der Waals surface area contributed by atoms with Gasteiger partial charge in [0, 0.05) is 43.2 Å². The Labute approximate surface area is 173 Å². The van der Waals surface area contributed by atoms with Crippen LogP contribution in [0.15, 0.2) is 40.8 Å². The van der Waals surface area contributed by atoms with Gasteiger partial charge in [-0.05, 0) is 50.3 Å². The molecule has 2 heterocycles. The molecule has 8 heteroatoms. The number of ketones is 1. The number of benzene rings is 1. The molecule has 0 saturated carbocycles. The Hall–Kier alpha value is -1.48. The third kappa shape index (κ3) is 5.51. The molecule has 1 saturated heterocycles. The predicted octanol–water partition coefficient (Wildman–Crippen LogP) is 4.32. The highest BCUT2D eigenvalue weighted by atomic mass is 32.2. The first-order valence-corrected chi connectivity index (χ1v) is 11.1. The van der Waals surface area contributed by atoms with E-state index < -0.39 is 0 Å². The zero-order chi connectivity index (χ0) is 19.4. The van der Waals surface area contributed by atoms with E-state index in [1.165, 1.54) is 5.69 Å². The molecule has 1 aliphatic heterocycles. The smallest absolute Gasteiger partial charge is 0.181 e. The molecule has 2 aromatic rings. The van der Waals surface area contributed by atoms with Crippen molar-refractivity contribution in [2.45, 2.75) is 24.9 Å². The number of piperazine rings is 1. The topological polar surface area (TPSA) is 41.4 Å². The fraction of sp³-hybridized carbons (Fsp3) is 0.421. The maximum atomic E-state index is 11.4. The molecule has 1 aliphatic rings. The number of hydrogen-bond acceptors (Lipinski definition) is 7. The van der Waals surface area contributed by atoms with Gasteiger partial charge < -0.3 is 4.90 Å². The summed E-state index contributed by atoms with van der Waals surface area (Å²) in [4.78, 5) is 16.1. The Balaban J connectivity index is 1.54. The molecule has 0 bridgehead atoms. The summed E-state index contributed by atoms with van der Waals surface area (Å²) in [5.41, 5.74) is 3.07. The zero-order valence-corrected chi connectivity index (χ0v) is 18.1. The Morgan fingerprint density at radius 3 is 2.48 bits per heavy atom. The number of carbonyl (C=O) groups excluding carboxylic acids is 1. The highest BCUT2D eigenvalue weighted by Gasteiger charge is 2.18. The minimum atomic E-state index is 0.104. The standard InChI is InChI=1S/C19H24N4OS3/c1-14(2)12-26-18-20-23(19(25)27-18)13-21-8-10-22(11-9-21)17-6-4-16(5-7-17)15(3)24/h4-7H,1,8-13H2,2-3H3. The molecular weight excluding hydrogens is 396 g/mol. The van der Waals surface area contributed by atoms with E-state index in [4.69, 9.17) is 12.2 Å². The van der Waals surface area contributed by atoms with Crippen molar-refractivity contribution in [1.82, 2.24) is 14.7 Å². The van der Waals surface area contributed by atoms with Gasteiger partial charge >= 0.3 is 0 Å². The number of thioether (sulfide) groups is 1. The lowest BCUT2D eigenvalue weighted by molar-refractivity contribution is 0.101. The van der Waals surface area contributed by atoms with Crippen molar-refractivity contribution in [2.75, 3.05) is 36.8 Å². The summed E-state index contributed by atoms with van der Waals surface area (Å²) in [6.45, 7) is 12.1. The van der Waals surface area contributed by atoms with Gasteiger partial charge in [0.1, 0.15) is 0 Å². The largest absolute Gasteiger partial charge is 0.369 e. The predicted molar refractivity (Wildman–Crippen MR) is 117 cm³/mol. The quantitative estimate of drug-likeness (QED) is 0.287. The van der Waals surface area contributed by atoms with Gasteiger partial charge in [0.2, 0.25) is 0 Å². The molecule has 0 spiro atoms. The minimum absolute atomic E-state index is 0.104. The van der Waals surface area contributed by atoms with Crippen molar-refractivity contribution in [3.8, 4) is 0 Å². The van der Waals surface area contributed by atoms with Crippen LogP contribution in [0.25, 0.3) is 0 Å². The molecule has 27 heavy (non-hydrogen) atoms. The van der Waals surface area contributed by atoms with Gasteiger partial charge in [0.25, 0.3) is 0 Å². The van der Waals surface area contributed by atoms with Crippen LogP contribution in [-0.4, -0.2) is 52.4 Å². The molecule has 0 amide bonds. The molecule has 0 radical (unpaired) electrons. The van der Waals surface area contributed by atoms with Crippen LogP contribution in [0.4, 0.5) is 5.69 Å². The first-order chi connectivity index (χ1) is 12.9. The van der Waals surface area contributed by atoms with Crippen molar-refractivity contribution in [1.29, 1.82) is 0 Å². The van der Waals surface area contributed by atoms with Gasteiger partial charge in [-0.25, -0.2) is 4.68 Å². The van der Waals surface area contributed by atoms with E-state index in [1.807, 2.05) is 35.9 Å². The van der Waals surface area contributed by atoms with E-state index >= 15 is 0 Å². The summed E-state index contributed by atoms with van der Waals surface area (Å²) < 4.78 is 3.76.